The van der Waals surface area contributed by atoms with Crippen LogP contribution in [0.1, 0.15) is 27.8 Å². The number of carbonyl (C=O) groups is 1. The number of hydrogen-bond donors (Lipinski definition) is 1. The number of methoxy groups -OCH3 is 1. The predicted octanol–water partition coefficient (Wildman–Crippen LogP) is 5.75. The first kappa shape index (κ1) is 22.6. The van der Waals surface area contributed by atoms with Crippen molar-refractivity contribution in [1.29, 1.82) is 5.26 Å². The molecule has 0 saturated heterocycles. The van der Waals surface area contributed by atoms with Crippen molar-refractivity contribution in [3.05, 3.63) is 94.1 Å². The van der Waals surface area contributed by atoms with Crippen LogP contribution in [0, 0.1) is 32.1 Å². The Kier molecular flexibility index (Phi) is 7.30. The Morgan fingerprint density at radius 1 is 1.00 bits per heavy atom. The van der Waals surface area contributed by atoms with E-state index in [0.29, 0.717) is 29.4 Å². The number of nitriles is 1. The molecule has 0 saturated carbocycles. The number of carbonyl (C=O) groups excluding carboxylic acids is 1. The lowest BCUT2D eigenvalue weighted by Crippen LogP contribution is -2.13. The second kappa shape index (κ2) is 10.3. The number of rotatable bonds is 7. The first-order chi connectivity index (χ1) is 15.4. The zero-order valence-corrected chi connectivity index (χ0v) is 18.7. The number of aryl methyl sites for hydroxylation is 3. The van der Waals surface area contributed by atoms with E-state index >= 15 is 0 Å². The Bertz CT molecular complexity index is 1190. The van der Waals surface area contributed by atoms with Gasteiger partial charge in [0, 0.05) is 17.3 Å². The van der Waals surface area contributed by atoms with E-state index in [9.17, 15) is 10.1 Å². The molecule has 0 aliphatic rings. The summed E-state index contributed by atoms with van der Waals surface area (Å²) in [6, 6.07) is 20.9. The van der Waals surface area contributed by atoms with Gasteiger partial charge in [0.15, 0.2) is 0 Å². The summed E-state index contributed by atoms with van der Waals surface area (Å²) in [6.45, 7) is 6.38. The molecule has 1 amide bonds. The molecule has 162 valence electrons. The molecular weight excluding hydrogens is 400 g/mol. The molecule has 0 spiro atoms. The maximum absolute atomic E-state index is 12.7. The normalized spacial score (nSPS) is 10.9. The van der Waals surface area contributed by atoms with E-state index in [-0.39, 0.29) is 5.57 Å². The molecule has 5 heteroatoms. The van der Waals surface area contributed by atoms with Crippen LogP contribution in [-0.2, 0) is 11.4 Å². The molecule has 32 heavy (non-hydrogen) atoms. The van der Waals surface area contributed by atoms with Gasteiger partial charge in [-0.05, 0) is 62.2 Å². The minimum atomic E-state index is -0.478. The number of anilines is 1. The fraction of sp³-hybridized carbons (Fsp3) is 0.185. The third-order valence-electron chi connectivity index (χ3n) is 4.84. The molecule has 0 bridgehead atoms. The third-order valence-corrected chi connectivity index (χ3v) is 4.84. The maximum Gasteiger partial charge on any atom is 0.266 e. The van der Waals surface area contributed by atoms with Gasteiger partial charge in [-0.1, -0.05) is 41.5 Å². The highest BCUT2D eigenvalue weighted by molar-refractivity contribution is 6.09. The highest BCUT2D eigenvalue weighted by Crippen LogP contribution is 2.28. The molecule has 0 radical (unpaired) electrons. The van der Waals surface area contributed by atoms with Crippen LogP contribution >= 0.6 is 0 Å². The van der Waals surface area contributed by atoms with E-state index in [1.54, 1.807) is 31.4 Å². The van der Waals surface area contributed by atoms with Crippen LogP contribution in [0.3, 0.4) is 0 Å². The van der Waals surface area contributed by atoms with Crippen molar-refractivity contribution in [1.82, 2.24) is 0 Å². The molecule has 3 aromatic rings. The predicted molar refractivity (Wildman–Crippen MR) is 127 cm³/mol. The summed E-state index contributed by atoms with van der Waals surface area (Å²) < 4.78 is 11.4. The molecule has 0 aliphatic carbocycles. The Labute approximate surface area is 188 Å². The van der Waals surface area contributed by atoms with Gasteiger partial charge in [-0.15, -0.1) is 0 Å². The molecule has 3 rings (SSSR count). The number of ether oxygens (including phenoxy) is 2. The second-order valence-corrected chi connectivity index (χ2v) is 7.68. The number of amides is 1. The SMILES string of the molecule is COc1ccc(/C=C(\C#N)C(=O)Nc2cccc(C)c2)c(OCc2cc(C)cc(C)c2)c1. The largest absolute Gasteiger partial charge is 0.497 e. The van der Waals surface area contributed by atoms with Crippen molar-refractivity contribution in [2.75, 3.05) is 12.4 Å². The van der Waals surface area contributed by atoms with Crippen LogP contribution in [-0.4, -0.2) is 13.0 Å². The summed E-state index contributed by atoms with van der Waals surface area (Å²) >= 11 is 0. The maximum atomic E-state index is 12.7. The monoisotopic (exact) mass is 426 g/mol. The Balaban J connectivity index is 1.87. The zero-order valence-electron chi connectivity index (χ0n) is 18.7. The van der Waals surface area contributed by atoms with Crippen molar-refractivity contribution in [2.24, 2.45) is 0 Å². The lowest BCUT2D eigenvalue weighted by molar-refractivity contribution is -0.112. The molecule has 0 heterocycles. The first-order valence-electron chi connectivity index (χ1n) is 10.3. The van der Waals surface area contributed by atoms with Gasteiger partial charge in [0.2, 0.25) is 0 Å². The van der Waals surface area contributed by atoms with Crippen molar-refractivity contribution >= 4 is 17.7 Å². The van der Waals surface area contributed by atoms with Crippen LogP contribution in [0.2, 0.25) is 0 Å². The Morgan fingerprint density at radius 2 is 1.75 bits per heavy atom. The average molecular weight is 427 g/mol. The van der Waals surface area contributed by atoms with E-state index in [1.165, 1.54) is 6.08 Å². The molecular formula is C27H26N2O3. The van der Waals surface area contributed by atoms with Gasteiger partial charge in [-0.25, -0.2) is 0 Å². The van der Waals surface area contributed by atoms with Crippen molar-refractivity contribution in [3.8, 4) is 17.6 Å². The smallest absolute Gasteiger partial charge is 0.266 e. The number of benzene rings is 3. The van der Waals surface area contributed by atoms with Crippen molar-refractivity contribution in [2.45, 2.75) is 27.4 Å². The molecule has 0 aromatic heterocycles. The average Bonchev–Trinajstić information content (AvgIpc) is 2.75. The third kappa shape index (κ3) is 5.99. The van der Waals surface area contributed by atoms with Gasteiger partial charge in [-0.2, -0.15) is 5.26 Å². The summed E-state index contributed by atoms with van der Waals surface area (Å²) in [5, 5.41) is 12.4. The van der Waals surface area contributed by atoms with E-state index < -0.39 is 5.91 Å². The molecule has 0 aliphatic heterocycles. The first-order valence-corrected chi connectivity index (χ1v) is 10.3. The van der Waals surface area contributed by atoms with Gasteiger partial charge in [0.1, 0.15) is 29.7 Å². The quantitative estimate of drug-likeness (QED) is 0.386. The van der Waals surface area contributed by atoms with Gasteiger partial charge in [0.25, 0.3) is 5.91 Å². The molecule has 0 fully saturated rings. The summed E-state index contributed by atoms with van der Waals surface area (Å²) in [7, 11) is 1.58. The zero-order chi connectivity index (χ0) is 23.1. The van der Waals surface area contributed by atoms with E-state index in [1.807, 2.05) is 45.0 Å². The van der Waals surface area contributed by atoms with Crippen molar-refractivity contribution in [3.63, 3.8) is 0 Å². The van der Waals surface area contributed by atoms with Gasteiger partial charge < -0.3 is 14.8 Å². The minimum absolute atomic E-state index is 0.0204. The van der Waals surface area contributed by atoms with Gasteiger partial charge >= 0.3 is 0 Å². The standard InChI is InChI=1S/C27H26N2O3/c1-18-6-5-7-24(13-18)29-27(30)23(16-28)14-22-8-9-25(31-4)15-26(22)32-17-21-11-19(2)10-20(3)12-21/h5-15H,17H2,1-4H3,(H,29,30)/b23-14+. The highest BCUT2D eigenvalue weighted by atomic mass is 16.5. The summed E-state index contributed by atoms with van der Waals surface area (Å²) in [5.41, 5.74) is 5.61. The molecule has 0 unspecified atom stereocenters. The molecule has 1 N–H and O–H groups in total. The molecule has 3 aromatic carbocycles. The minimum Gasteiger partial charge on any atom is -0.497 e. The van der Waals surface area contributed by atoms with E-state index in [2.05, 4.69) is 23.5 Å². The summed E-state index contributed by atoms with van der Waals surface area (Å²) in [5.74, 6) is 0.675. The van der Waals surface area contributed by atoms with Crippen LogP contribution < -0.4 is 14.8 Å². The fourth-order valence-corrected chi connectivity index (χ4v) is 3.42. The number of hydrogen-bond acceptors (Lipinski definition) is 4. The van der Waals surface area contributed by atoms with E-state index in [4.69, 9.17) is 9.47 Å². The van der Waals surface area contributed by atoms with Crippen LogP contribution in [0.15, 0.2) is 66.2 Å². The Hall–Kier alpha value is -4.04. The Morgan fingerprint density at radius 3 is 2.41 bits per heavy atom. The van der Waals surface area contributed by atoms with Crippen LogP contribution in [0.5, 0.6) is 11.5 Å². The summed E-state index contributed by atoms with van der Waals surface area (Å²) in [4.78, 5) is 12.7. The lowest BCUT2D eigenvalue weighted by atomic mass is 10.1. The van der Waals surface area contributed by atoms with Crippen LogP contribution in [0.25, 0.3) is 6.08 Å². The van der Waals surface area contributed by atoms with Gasteiger partial charge in [-0.3, -0.25) is 4.79 Å². The van der Waals surface area contributed by atoms with Gasteiger partial charge in [0.05, 0.1) is 7.11 Å². The second-order valence-electron chi connectivity index (χ2n) is 7.68. The lowest BCUT2D eigenvalue weighted by Gasteiger charge is -2.13. The van der Waals surface area contributed by atoms with E-state index in [0.717, 1.165) is 22.3 Å². The van der Waals surface area contributed by atoms with Crippen LogP contribution in [0.4, 0.5) is 5.69 Å². The summed E-state index contributed by atoms with van der Waals surface area (Å²) in [6.07, 6.45) is 1.53. The number of nitrogens with one attached hydrogen (secondary N) is 1. The molecule has 0 atom stereocenters. The van der Waals surface area contributed by atoms with Crippen molar-refractivity contribution < 1.29 is 14.3 Å². The molecule has 5 nitrogen and oxygen atoms in total. The fourth-order valence-electron chi connectivity index (χ4n) is 3.42. The topological polar surface area (TPSA) is 71.3 Å². The highest BCUT2D eigenvalue weighted by Gasteiger charge is 2.13. The number of nitrogens with zero attached hydrogens (tertiary/aromatic N) is 1.